The first kappa shape index (κ1) is 28.1. The van der Waals surface area contributed by atoms with Gasteiger partial charge in [-0.2, -0.15) is 0 Å². The maximum atomic E-state index is 6.22. The van der Waals surface area contributed by atoms with Crippen molar-refractivity contribution in [3.8, 4) is 5.75 Å². The van der Waals surface area contributed by atoms with Gasteiger partial charge in [0.2, 0.25) is 0 Å². The Morgan fingerprint density at radius 1 is 0.917 bits per heavy atom. The lowest BCUT2D eigenvalue weighted by Gasteiger charge is -2.34. The van der Waals surface area contributed by atoms with Gasteiger partial charge >= 0.3 is 0 Å². The molecule has 0 aromatic heterocycles. The summed E-state index contributed by atoms with van der Waals surface area (Å²) >= 11 is 0. The van der Waals surface area contributed by atoms with Crippen molar-refractivity contribution in [1.82, 2.24) is 0 Å². The maximum absolute atomic E-state index is 6.22. The van der Waals surface area contributed by atoms with Crippen LogP contribution >= 0.6 is 8.58 Å². The summed E-state index contributed by atoms with van der Waals surface area (Å²) in [7, 11) is 2.23. The van der Waals surface area contributed by atoms with Crippen molar-refractivity contribution in [3.63, 3.8) is 0 Å². The van der Waals surface area contributed by atoms with Crippen molar-refractivity contribution in [2.75, 3.05) is 13.9 Å². The number of para-hydroxylation sites is 1. The SMILES string of the molecule is CCC(C)(Pc1c(C)cccc1/C(C)=N/c1ccccc1)c1cc(C(C)(C)C)cc(C)c1OCOC. The minimum Gasteiger partial charge on any atom is -0.467 e. The molecule has 0 N–H and O–H groups in total. The molecule has 0 aliphatic rings. The molecular formula is C32H42NO2P. The van der Waals surface area contributed by atoms with Crippen LogP contribution in [0.1, 0.15) is 75.8 Å². The zero-order chi connectivity index (χ0) is 26.5. The summed E-state index contributed by atoms with van der Waals surface area (Å²) in [6.07, 6.45) is 0.991. The molecular weight excluding hydrogens is 461 g/mol. The molecule has 0 saturated carbocycles. The molecule has 3 aromatic carbocycles. The van der Waals surface area contributed by atoms with Crippen LogP contribution in [0.2, 0.25) is 0 Å². The Hall–Kier alpha value is -2.48. The third-order valence-corrected chi connectivity index (χ3v) is 8.97. The van der Waals surface area contributed by atoms with Gasteiger partial charge in [-0.25, -0.2) is 0 Å². The smallest absolute Gasteiger partial charge is 0.188 e. The third kappa shape index (κ3) is 6.44. The van der Waals surface area contributed by atoms with Crippen molar-refractivity contribution in [2.45, 2.75) is 72.4 Å². The molecule has 0 spiro atoms. The molecule has 3 rings (SSSR count). The number of aliphatic imine (C=N–C) groups is 1. The Labute approximate surface area is 220 Å². The summed E-state index contributed by atoms with van der Waals surface area (Å²) in [4.78, 5) is 4.96. The quantitative estimate of drug-likeness (QED) is 0.167. The van der Waals surface area contributed by atoms with Crippen LogP contribution in [0.3, 0.4) is 0 Å². The van der Waals surface area contributed by atoms with E-state index in [0.717, 1.165) is 29.1 Å². The average Bonchev–Trinajstić information content (AvgIpc) is 2.84. The van der Waals surface area contributed by atoms with Gasteiger partial charge < -0.3 is 9.47 Å². The number of ether oxygens (including phenoxy) is 2. The van der Waals surface area contributed by atoms with Crippen LogP contribution < -0.4 is 10.0 Å². The third-order valence-electron chi connectivity index (χ3n) is 6.88. The molecule has 0 amide bonds. The van der Waals surface area contributed by atoms with Crippen molar-refractivity contribution >= 4 is 25.3 Å². The number of nitrogens with zero attached hydrogens (tertiary/aromatic N) is 1. The second-order valence-electron chi connectivity index (χ2n) is 10.8. The highest BCUT2D eigenvalue weighted by molar-refractivity contribution is 7.49. The normalized spacial score (nSPS) is 14.3. The van der Waals surface area contributed by atoms with E-state index in [-0.39, 0.29) is 17.4 Å². The Kier molecular flexibility index (Phi) is 9.14. The van der Waals surface area contributed by atoms with Crippen molar-refractivity contribution < 1.29 is 9.47 Å². The lowest BCUT2D eigenvalue weighted by Crippen LogP contribution is -2.25. The van der Waals surface area contributed by atoms with Gasteiger partial charge in [0.05, 0.1) is 5.69 Å². The number of aryl methyl sites for hydroxylation is 2. The highest BCUT2D eigenvalue weighted by atomic mass is 31.1. The number of hydrogen-bond acceptors (Lipinski definition) is 3. The standard InChI is InChI=1S/C32H42NO2P/c1-10-32(8,28-20-25(31(5,6)7)19-23(3)29(28)35-21-34-9)36-30-22(2)15-14-18-27(30)24(4)33-26-16-12-11-13-17-26/h11-20,36H,10,21H2,1-9H3/b33-24+. The topological polar surface area (TPSA) is 30.8 Å². The summed E-state index contributed by atoms with van der Waals surface area (Å²) in [5.41, 5.74) is 8.34. The van der Waals surface area contributed by atoms with E-state index in [9.17, 15) is 0 Å². The van der Waals surface area contributed by atoms with Gasteiger partial charge in [-0.3, -0.25) is 4.99 Å². The Bertz CT molecular complexity index is 1210. The van der Waals surface area contributed by atoms with Gasteiger partial charge in [-0.15, -0.1) is 0 Å². The van der Waals surface area contributed by atoms with E-state index in [4.69, 9.17) is 14.5 Å². The lowest BCUT2D eigenvalue weighted by molar-refractivity contribution is 0.0495. The number of methoxy groups -OCH3 is 1. The van der Waals surface area contributed by atoms with Crippen molar-refractivity contribution in [2.24, 2.45) is 4.99 Å². The van der Waals surface area contributed by atoms with Gasteiger partial charge in [-0.05, 0) is 66.7 Å². The Morgan fingerprint density at radius 2 is 1.61 bits per heavy atom. The summed E-state index contributed by atoms with van der Waals surface area (Å²) in [5.74, 6) is 0.950. The molecule has 0 fully saturated rings. The first-order valence-electron chi connectivity index (χ1n) is 12.8. The summed E-state index contributed by atoms with van der Waals surface area (Å²) < 4.78 is 11.5. The maximum Gasteiger partial charge on any atom is 0.188 e. The van der Waals surface area contributed by atoms with Crippen LogP contribution in [0.5, 0.6) is 5.75 Å². The number of hydrogen-bond donors (Lipinski definition) is 0. The van der Waals surface area contributed by atoms with E-state index in [0.29, 0.717) is 8.58 Å². The molecule has 2 atom stereocenters. The van der Waals surface area contributed by atoms with Crippen LogP contribution in [-0.4, -0.2) is 19.6 Å². The van der Waals surface area contributed by atoms with Crippen LogP contribution in [0.15, 0.2) is 65.7 Å². The van der Waals surface area contributed by atoms with E-state index in [1.165, 1.54) is 27.6 Å². The predicted molar refractivity (Wildman–Crippen MR) is 157 cm³/mol. The van der Waals surface area contributed by atoms with Crippen LogP contribution in [-0.2, 0) is 15.3 Å². The minimum absolute atomic E-state index is 0.0454. The molecule has 4 heteroatoms. The van der Waals surface area contributed by atoms with Crippen LogP contribution in [0.4, 0.5) is 5.69 Å². The molecule has 2 unspecified atom stereocenters. The first-order valence-corrected chi connectivity index (χ1v) is 13.8. The molecule has 0 saturated heterocycles. The second-order valence-corrected chi connectivity index (χ2v) is 12.7. The highest BCUT2D eigenvalue weighted by Crippen LogP contribution is 2.50. The predicted octanol–water partition coefficient (Wildman–Crippen LogP) is 8.35. The lowest BCUT2D eigenvalue weighted by atomic mass is 9.82. The van der Waals surface area contributed by atoms with Gasteiger partial charge in [0.25, 0.3) is 0 Å². The average molecular weight is 504 g/mol. The minimum atomic E-state index is -0.108. The molecule has 0 radical (unpaired) electrons. The fraction of sp³-hybridized carbons (Fsp3) is 0.406. The molecule has 3 aromatic rings. The Balaban J connectivity index is 2.16. The summed E-state index contributed by atoms with van der Waals surface area (Å²) in [6.45, 7) is 18.2. The fourth-order valence-electron chi connectivity index (χ4n) is 4.44. The number of benzene rings is 3. The molecule has 0 aliphatic carbocycles. The molecule has 0 aliphatic heterocycles. The van der Waals surface area contributed by atoms with Crippen LogP contribution in [0.25, 0.3) is 0 Å². The molecule has 192 valence electrons. The Morgan fingerprint density at radius 3 is 2.22 bits per heavy atom. The van der Waals surface area contributed by atoms with Gasteiger partial charge in [0.1, 0.15) is 5.75 Å². The van der Waals surface area contributed by atoms with Gasteiger partial charge in [-0.1, -0.05) is 91.7 Å². The monoisotopic (exact) mass is 503 g/mol. The zero-order valence-corrected chi connectivity index (χ0v) is 24.5. The van der Waals surface area contributed by atoms with Gasteiger partial charge in [0, 0.05) is 29.1 Å². The largest absolute Gasteiger partial charge is 0.467 e. The fourth-order valence-corrected chi connectivity index (χ4v) is 6.17. The van der Waals surface area contributed by atoms with Crippen molar-refractivity contribution in [3.05, 3.63) is 88.5 Å². The van der Waals surface area contributed by atoms with E-state index < -0.39 is 0 Å². The molecule has 0 heterocycles. The van der Waals surface area contributed by atoms with E-state index in [1.54, 1.807) is 7.11 Å². The van der Waals surface area contributed by atoms with Crippen molar-refractivity contribution in [1.29, 1.82) is 0 Å². The van der Waals surface area contributed by atoms with Gasteiger partial charge in [0.15, 0.2) is 6.79 Å². The number of rotatable bonds is 9. The first-order chi connectivity index (χ1) is 17.0. The second kappa shape index (κ2) is 11.7. The van der Waals surface area contributed by atoms with Crippen LogP contribution in [0, 0.1) is 13.8 Å². The summed E-state index contributed by atoms with van der Waals surface area (Å²) in [6, 6.07) is 21.4. The summed E-state index contributed by atoms with van der Waals surface area (Å²) in [5, 5.41) is 1.26. The van der Waals surface area contributed by atoms with E-state index >= 15 is 0 Å². The molecule has 0 bridgehead atoms. The highest BCUT2D eigenvalue weighted by Gasteiger charge is 2.33. The zero-order valence-electron chi connectivity index (χ0n) is 23.5. The van der Waals surface area contributed by atoms with E-state index in [2.05, 4.69) is 97.9 Å². The molecule has 3 nitrogen and oxygen atoms in total. The molecule has 36 heavy (non-hydrogen) atoms. The van der Waals surface area contributed by atoms with E-state index in [1.807, 2.05) is 18.2 Å².